The molecule has 2 aromatic rings. The summed E-state index contributed by atoms with van der Waals surface area (Å²) < 4.78 is 0. The zero-order valence-corrected chi connectivity index (χ0v) is 14.3. The lowest BCUT2D eigenvalue weighted by Gasteiger charge is -2.36. The first-order chi connectivity index (χ1) is 11.5. The summed E-state index contributed by atoms with van der Waals surface area (Å²) >= 11 is 11.9. The zero-order chi connectivity index (χ0) is 16.8. The van der Waals surface area contributed by atoms with Crippen LogP contribution in [0.15, 0.2) is 30.5 Å². The van der Waals surface area contributed by atoms with Crippen molar-refractivity contribution in [2.45, 2.75) is 31.3 Å². The summed E-state index contributed by atoms with van der Waals surface area (Å²) in [7, 11) is 0. The number of nitrogens with zero attached hydrogens (tertiary/aromatic N) is 2. The van der Waals surface area contributed by atoms with Crippen LogP contribution < -0.4 is 11.1 Å². The molecule has 7 heteroatoms. The summed E-state index contributed by atoms with van der Waals surface area (Å²) in [6.45, 7) is 0. The number of nitrogen functional groups attached to an aromatic ring is 1. The SMILES string of the molecule is Nc1nccc2c1[C@@H]1CC[C@H](C2)N1C(=O)Nc1ccc(Cl)c(Cl)c1. The average Bonchev–Trinajstić information content (AvgIpc) is 2.85. The van der Waals surface area contributed by atoms with E-state index in [0.29, 0.717) is 21.6 Å². The molecule has 1 aromatic carbocycles. The van der Waals surface area contributed by atoms with Crippen LogP contribution in [-0.2, 0) is 6.42 Å². The largest absolute Gasteiger partial charge is 0.383 e. The molecule has 0 unspecified atom stereocenters. The fourth-order valence-electron chi connectivity index (χ4n) is 3.78. The first-order valence-electron chi connectivity index (χ1n) is 7.82. The van der Waals surface area contributed by atoms with Crippen LogP contribution in [0, 0.1) is 0 Å². The van der Waals surface area contributed by atoms with Gasteiger partial charge in [-0.15, -0.1) is 0 Å². The van der Waals surface area contributed by atoms with Crippen LogP contribution in [0.3, 0.4) is 0 Å². The molecule has 5 nitrogen and oxygen atoms in total. The number of benzene rings is 1. The minimum Gasteiger partial charge on any atom is -0.383 e. The van der Waals surface area contributed by atoms with Crippen LogP contribution in [-0.4, -0.2) is 22.0 Å². The molecule has 0 aliphatic carbocycles. The van der Waals surface area contributed by atoms with Crippen LogP contribution in [0.2, 0.25) is 10.0 Å². The summed E-state index contributed by atoms with van der Waals surface area (Å²) in [5, 5.41) is 3.78. The Morgan fingerprint density at radius 3 is 2.88 bits per heavy atom. The molecule has 0 radical (unpaired) electrons. The lowest BCUT2D eigenvalue weighted by molar-refractivity contribution is 0.179. The molecule has 2 bridgehead atoms. The molecule has 3 N–H and O–H groups in total. The molecule has 1 fully saturated rings. The van der Waals surface area contributed by atoms with Crippen LogP contribution in [0.4, 0.5) is 16.3 Å². The number of nitrogens with two attached hydrogens (primary N) is 1. The van der Waals surface area contributed by atoms with Gasteiger partial charge in [0, 0.05) is 23.5 Å². The molecule has 0 spiro atoms. The Kier molecular flexibility index (Phi) is 3.77. The molecule has 3 heterocycles. The van der Waals surface area contributed by atoms with Crippen molar-refractivity contribution in [1.82, 2.24) is 9.88 Å². The third-order valence-corrected chi connectivity index (χ3v) is 5.55. The summed E-state index contributed by atoms with van der Waals surface area (Å²) in [4.78, 5) is 18.9. The van der Waals surface area contributed by atoms with Crippen molar-refractivity contribution in [3.63, 3.8) is 0 Å². The Balaban J connectivity index is 1.62. The molecular formula is C17H16Cl2N4O. The van der Waals surface area contributed by atoms with Gasteiger partial charge in [-0.3, -0.25) is 0 Å². The highest BCUT2D eigenvalue weighted by atomic mass is 35.5. The number of urea groups is 1. The Morgan fingerprint density at radius 2 is 2.08 bits per heavy atom. The van der Waals surface area contributed by atoms with E-state index in [1.165, 1.54) is 5.56 Å². The van der Waals surface area contributed by atoms with Gasteiger partial charge in [-0.25, -0.2) is 9.78 Å². The average molecular weight is 363 g/mol. The van der Waals surface area contributed by atoms with E-state index in [1.807, 2.05) is 11.0 Å². The molecule has 1 aromatic heterocycles. The Hall–Kier alpha value is -1.98. The van der Waals surface area contributed by atoms with E-state index in [0.717, 1.165) is 24.8 Å². The number of hydrogen-bond acceptors (Lipinski definition) is 3. The van der Waals surface area contributed by atoms with Crippen molar-refractivity contribution >= 4 is 40.7 Å². The number of carbonyl (C=O) groups is 1. The fraction of sp³-hybridized carbons (Fsp3) is 0.294. The van der Waals surface area contributed by atoms with Gasteiger partial charge in [-0.05, 0) is 49.1 Å². The number of fused-ring (bicyclic) bond motifs is 4. The highest BCUT2D eigenvalue weighted by Crippen LogP contribution is 2.45. The van der Waals surface area contributed by atoms with E-state index in [9.17, 15) is 4.79 Å². The van der Waals surface area contributed by atoms with Gasteiger partial charge in [0.2, 0.25) is 0 Å². The Bertz CT molecular complexity index is 826. The summed E-state index contributed by atoms with van der Waals surface area (Å²) in [6.07, 6.45) is 4.42. The highest BCUT2D eigenvalue weighted by Gasteiger charge is 2.43. The third kappa shape index (κ3) is 2.48. The number of carbonyl (C=O) groups excluding carboxylic acids is 1. The molecule has 4 rings (SSSR count). The summed E-state index contributed by atoms with van der Waals surface area (Å²) in [6, 6.07) is 7.09. The molecule has 2 amide bonds. The predicted molar refractivity (Wildman–Crippen MR) is 95.4 cm³/mol. The number of halogens is 2. The second-order valence-corrected chi connectivity index (χ2v) is 7.00. The first-order valence-corrected chi connectivity index (χ1v) is 8.58. The van der Waals surface area contributed by atoms with Gasteiger partial charge in [0.05, 0.1) is 16.1 Å². The lowest BCUT2D eigenvalue weighted by Crippen LogP contribution is -2.44. The molecule has 2 atom stereocenters. The maximum Gasteiger partial charge on any atom is 0.322 e. The van der Waals surface area contributed by atoms with Crippen LogP contribution in [0.5, 0.6) is 0 Å². The van der Waals surface area contributed by atoms with Crippen molar-refractivity contribution < 1.29 is 4.79 Å². The normalized spacial score (nSPS) is 21.5. The van der Waals surface area contributed by atoms with E-state index in [4.69, 9.17) is 28.9 Å². The van der Waals surface area contributed by atoms with Gasteiger partial charge in [0.25, 0.3) is 0 Å². The van der Waals surface area contributed by atoms with Crippen molar-refractivity contribution in [2.75, 3.05) is 11.1 Å². The number of hydrogen-bond donors (Lipinski definition) is 2. The van der Waals surface area contributed by atoms with Crippen molar-refractivity contribution in [3.8, 4) is 0 Å². The number of rotatable bonds is 1. The minimum atomic E-state index is -0.144. The molecule has 2 aliphatic heterocycles. The number of aromatic nitrogens is 1. The zero-order valence-electron chi connectivity index (χ0n) is 12.8. The standard InChI is InChI=1S/C17H16Cl2N4O/c18-12-3-1-10(8-13(12)19)22-17(24)23-11-2-4-14(23)15-9(7-11)5-6-21-16(15)20/h1,3,5-6,8,11,14H,2,4,7H2,(H2,20,21)(H,22,24)/t11-,14+/m1/s1. The van der Waals surface area contributed by atoms with E-state index < -0.39 is 0 Å². The van der Waals surface area contributed by atoms with Gasteiger partial charge in [0.15, 0.2) is 0 Å². The van der Waals surface area contributed by atoms with Crippen LogP contribution in [0.1, 0.15) is 30.0 Å². The van der Waals surface area contributed by atoms with Crippen molar-refractivity contribution in [3.05, 3.63) is 51.6 Å². The molecule has 24 heavy (non-hydrogen) atoms. The number of nitrogens with one attached hydrogen (secondary N) is 1. The van der Waals surface area contributed by atoms with Crippen molar-refractivity contribution in [1.29, 1.82) is 0 Å². The van der Waals surface area contributed by atoms with Crippen LogP contribution >= 0.6 is 23.2 Å². The number of amides is 2. The quantitative estimate of drug-likeness (QED) is 0.795. The lowest BCUT2D eigenvalue weighted by atomic mass is 9.94. The van der Waals surface area contributed by atoms with Crippen molar-refractivity contribution in [2.24, 2.45) is 0 Å². The van der Waals surface area contributed by atoms with Gasteiger partial charge >= 0.3 is 6.03 Å². The van der Waals surface area contributed by atoms with E-state index in [2.05, 4.69) is 10.3 Å². The maximum absolute atomic E-state index is 12.8. The van der Waals surface area contributed by atoms with Crippen LogP contribution in [0.25, 0.3) is 0 Å². The Labute approximate surface area is 149 Å². The molecule has 1 saturated heterocycles. The summed E-state index contributed by atoms with van der Waals surface area (Å²) in [5.74, 6) is 0.519. The number of anilines is 2. The monoisotopic (exact) mass is 362 g/mol. The minimum absolute atomic E-state index is 0.0183. The topological polar surface area (TPSA) is 71.2 Å². The summed E-state index contributed by atoms with van der Waals surface area (Å²) in [5.41, 5.74) is 8.90. The molecular weight excluding hydrogens is 347 g/mol. The van der Waals surface area contributed by atoms with E-state index in [1.54, 1.807) is 24.4 Å². The molecule has 2 aliphatic rings. The van der Waals surface area contributed by atoms with Gasteiger partial charge in [0.1, 0.15) is 5.82 Å². The maximum atomic E-state index is 12.8. The predicted octanol–water partition coefficient (Wildman–Crippen LogP) is 4.26. The smallest absolute Gasteiger partial charge is 0.322 e. The third-order valence-electron chi connectivity index (χ3n) is 4.81. The Morgan fingerprint density at radius 1 is 1.25 bits per heavy atom. The second-order valence-electron chi connectivity index (χ2n) is 6.19. The van der Waals surface area contributed by atoms with Gasteiger partial charge < -0.3 is 16.0 Å². The molecule has 124 valence electrons. The molecule has 0 saturated carbocycles. The number of pyridine rings is 1. The second kappa shape index (κ2) is 5.83. The van der Waals surface area contributed by atoms with Gasteiger partial charge in [-0.2, -0.15) is 0 Å². The van der Waals surface area contributed by atoms with E-state index in [-0.39, 0.29) is 18.1 Å². The van der Waals surface area contributed by atoms with Gasteiger partial charge in [-0.1, -0.05) is 23.2 Å². The first kappa shape index (κ1) is 15.5. The highest BCUT2D eigenvalue weighted by molar-refractivity contribution is 6.42. The fourth-order valence-corrected chi connectivity index (χ4v) is 4.08. The van der Waals surface area contributed by atoms with E-state index >= 15 is 0 Å².